The van der Waals surface area contributed by atoms with Crippen LogP contribution >= 0.6 is 0 Å². The first-order valence-electron chi connectivity index (χ1n) is 4.99. The minimum Gasteiger partial charge on any atom is -0.328 e. The van der Waals surface area contributed by atoms with E-state index >= 15 is 0 Å². The largest absolute Gasteiger partial charge is 0.328 e. The fourth-order valence-corrected chi connectivity index (χ4v) is 1.67. The number of aromatic nitrogens is 2. The second kappa shape index (κ2) is 4.00. The summed E-state index contributed by atoms with van der Waals surface area (Å²) in [6, 6.07) is 6.49. The van der Waals surface area contributed by atoms with E-state index in [0.717, 1.165) is 16.6 Å². The minimum absolute atomic E-state index is 0.421. The molecule has 15 heavy (non-hydrogen) atoms. The Morgan fingerprint density at radius 2 is 2.27 bits per heavy atom. The zero-order valence-corrected chi connectivity index (χ0v) is 8.97. The summed E-state index contributed by atoms with van der Waals surface area (Å²) in [5, 5.41) is 0. The molecule has 1 heterocycles. The summed E-state index contributed by atoms with van der Waals surface area (Å²) in [4.78, 5) is 8.95. The molecule has 0 fully saturated rings. The van der Waals surface area contributed by atoms with E-state index in [2.05, 4.69) is 34.3 Å². The molecule has 80 valence electrons. The van der Waals surface area contributed by atoms with Gasteiger partial charge < -0.3 is 4.57 Å². The van der Waals surface area contributed by atoms with Gasteiger partial charge in [-0.2, -0.15) is 0 Å². The normalized spacial score (nSPS) is 11.5. The molecule has 0 saturated carbocycles. The van der Waals surface area contributed by atoms with E-state index in [1.54, 1.807) is 0 Å². The number of imidazole rings is 1. The molecule has 2 N–H and O–H groups in total. The Morgan fingerprint density at radius 1 is 1.47 bits per heavy atom. The molecule has 2 rings (SSSR count). The Kier molecular flexibility index (Phi) is 2.70. The highest BCUT2D eigenvalue weighted by Crippen LogP contribution is 2.18. The fraction of sp³-hybridized carbons (Fsp3) is 0.364. The van der Waals surface area contributed by atoms with E-state index < -0.39 is 0 Å². The summed E-state index contributed by atoms with van der Waals surface area (Å²) in [7, 11) is 0. The molecule has 2 aromatic rings. The second-order valence-electron chi connectivity index (χ2n) is 3.88. The van der Waals surface area contributed by atoms with Crippen LogP contribution in [0.3, 0.4) is 0 Å². The smallest absolute Gasteiger partial charge is 0.0960 e. The van der Waals surface area contributed by atoms with Crippen molar-refractivity contribution in [2.75, 3.05) is 0 Å². The topological polar surface area (TPSA) is 53.1 Å². The molecule has 0 spiro atoms. The molecule has 0 saturated heterocycles. The van der Waals surface area contributed by atoms with Gasteiger partial charge in [0.25, 0.3) is 0 Å². The first-order valence-corrected chi connectivity index (χ1v) is 4.99. The Bertz CT molecular complexity index is 462. The van der Waals surface area contributed by atoms with E-state index in [1.165, 1.54) is 0 Å². The van der Waals surface area contributed by atoms with Crippen molar-refractivity contribution in [2.45, 2.75) is 26.5 Å². The Morgan fingerprint density at radius 3 is 2.93 bits per heavy atom. The third kappa shape index (κ3) is 1.86. The molecule has 0 aliphatic heterocycles. The lowest BCUT2D eigenvalue weighted by Gasteiger charge is -2.07. The predicted molar refractivity (Wildman–Crippen MR) is 59.1 cm³/mol. The zero-order chi connectivity index (χ0) is 10.8. The highest BCUT2D eigenvalue weighted by molar-refractivity contribution is 5.76. The molecule has 4 heteroatoms. The van der Waals surface area contributed by atoms with Crippen LogP contribution in [-0.2, 0) is 11.4 Å². The molecular formula is C11H15N3O. The molecule has 0 bridgehead atoms. The number of nitrogens with two attached hydrogens (primary N) is 1. The number of hydrogen-bond acceptors (Lipinski definition) is 3. The monoisotopic (exact) mass is 205 g/mol. The first kappa shape index (κ1) is 10.1. The summed E-state index contributed by atoms with van der Waals surface area (Å²) in [5.74, 6) is 5.03. The van der Waals surface area contributed by atoms with Crippen LogP contribution in [-0.4, -0.2) is 9.55 Å². The number of nitrogens with zero attached hydrogens (tertiary/aromatic N) is 2. The van der Waals surface area contributed by atoms with Gasteiger partial charge in [0, 0.05) is 6.04 Å². The molecule has 0 aliphatic carbocycles. The van der Waals surface area contributed by atoms with Crippen LogP contribution in [0.4, 0.5) is 0 Å². The first-order chi connectivity index (χ1) is 7.22. The van der Waals surface area contributed by atoms with Gasteiger partial charge >= 0.3 is 0 Å². The molecule has 0 unspecified atom stereocenters. The molecular weight excluding hydrogens is 190 g/mol. The third-order valence-electron chi connectivity index (χ3n) is 2.45. The summed E-state index contributed by atoms with van der Waals surface area (Å²) in [5.41, 5.74) is 3.17. The van der Waals surface area contributed by atoms with E-state index in [9.17, 15) is 0 Å². The van der Waals surface area contributed by atoms with Crippen LogP contribution in [0, 0.1) is 0 Å². The maximum absolute atomic E-state index is 5.03. The average Bonchev–Trinajstić information content (AvgIpc) is 2.61. The van der Waals surface area contributed by atoms with Gasteiger partial charge in [0.1, 0.15) is 0 Å². The van der Waals surface area contributed by atoms with Crippen molar-refractivity contribution >= 4 is 11.0 Å². The highest BCUT2D eigenvalue weighted by atomic mass is 16.6. The number of rotatable bonds is 3. The van der Waals surface area contributed by atoms with Gasteiger partial charge in [-0.3, -0.25) is 4.84 Å². The summed E-state index contributed by atoms with van der Waals surface area (Å²) >= 11 is 0. The van der Waals surface area contributed by atoms with Crippen molar-refractivity contribution in [2.24, 2.45) is 5.90 Å². The van der Waals surface area contributed by atoms with Gasteiger partial charge in [-0.1, -0.05) is 6.07 Å². The Hall–Kier alpha value is -1.39. The molecule has 1 aromatic heterocycles. The summed E-state index contributed by atoms with van der Waals surface area (Å²) in [6.45, 7) is 4.69. The predicted octanol–water partition coefficient (Wildman–Crippen LogP) is 2.01. The van der Waals surface area contributed by atoms with Crippen molar-refractivity contribution < 1.29 is 4.84 Å². The fourth-order valence-electron chi connectivity index (χ4n) is 1.67. The Labute approximate surface area is 88.6 Å². The zero-order valence-electron chi connectivity index (χ0n) is 8.97. The number of hydrogen-bond donors (Lipinski definition) is 1. The van der Waals surface area contributed by atoms with Crippen molar-refractivity contribution in [1.29, 1.82) is 0 Å². The number of fused-ring (bicyclic) bond motifs is 1. The number of benzene rings is 1. The molecule has 0 atom stereocenters. The van der Waals surface area contributed by atoms with Gasteiger partial charge in [0.15, 0.2) is 0 Å². The lowest BCUT2D eigenvalue weighted by Crippen LogP contribution is -2.00. The van der Waals surface area contributed by atoms with Crippen molar-refractivity contribution in [3.8, 4) is 0 Å². The van der Waals surface area contributed by atoms with Crippen LogP contribution < -0.4 is 5.90 Å². The van der Waals surface area contributed by atoms with Crippen molar-refractivity contribution in [3.05, 3.63) is 30.1 Å². The van der Waals surface area contributed by atoms with Gasteiger partial charge in [0.2, 0.25) is 0 Å². The lowest BCUT2D eigenvalue weighted by molar-refractivity contribution is 0.124. The van der Waals surface area contributed by atoms with Gasteiger partial charge in [-0.25, -0.2) is 10.9 Å². The van der Waals surface area contributed by atoms with Gasteiger partial charge in [-0.05, 0) is 31.5 Å². The van der Waals surface area contributed by atoms with E-state index in [0.29, 0.717) is 12.6 Å². The highest BCUT2D eigenvalue weighted by Gasteiger charge is 2.05. The second-order valence-corrected chi connectivity index (χ2v) is 3.88. The van der Waals surface area contributed by atoms with Crippen LogP contribution in [0.5, 0.6) is 0 Å². The molecule has 0 amide bonds. The van der Waals surface area contributed by atoms with Crippen LogP contribution in [0.25, 0.3) is 11.0 Å². The van der Waals surface area contributed by atoms with Crippen LogP contribution in [0.1, 0.15) is 25.5 Å². The van der Waals surface area contributed by atoms with Crippen molar-refractivity contribution in [1.82, 2.24) is 9.55 Å². The molecule has 1 aromatic carbocycles. The minimum atomic E-state index is 0.421. The third-order valence-corrected chi connectivity index (χ3v) is 2.45. The van der Waals surface area contributed by atoms with Gasteiger partial charge in [0.05, 0.1) is 24.0 Å². The SMILES string of the molecule is CC(C)n1cnc2cc(CON)ccc21. The molecule has 4 nitrogen and oxygen atoms in total. The maximum Gasteiger partial charge on any atom is 0.0960 e. The van der Waals surface area contributed by atoms with E-state index in [4.69, 9.17) is 5.90 Å². The maximum atomic E-state index is 5.03. The Balaban J connectivity index is 2.47. The molecule has 0 radical (unpaired) electrons. The van der Waals surface area contributed by atoms with E-state index in [-0.39, 0.29) is 0 Å². The summed E-state index contributed by atoms with van der Waals surface area (Å²) in [6.07, 6.45) is 1.86. The average molecular weight is 205 g/mol. The quantitative estimate of drug-likeness (QED) is 0.780. The van der Waals surface area contributed by atoms with Crippen LogP contribution in [0.2, 0.25) is 0 Å². The van der Waals surface area contributed by atoms with Crippen molar-refractivity contribution in [3.63, 3.8) is 0 Å². The lowest BCUT2D eigenvalue weighted by atomic mass is 10.2. The van der Waals surface area contributed by atoms with Crippen LogP contribution in [0.15, 0.2) is 24.5 Å². The molecule has 0 aliphatic rings. The summed E-state index contributed by atoms with van der Waals surface area (Å²) < 4.78 is 2.14. The van der Waals surface area contributed by atoms with E-state index in [1.807, 2.05) is 18.5 Å². The van der Waals surface area contributed by atoms with Gasteiger partial charge in [-0.15, -0.1) is 0 Å². The standard InChI is InChI=1S/C11H15N3O/c1-8(2)14-7-13-10-5-9(6-15-12)3-4-11(10)14/h3-5,7-8H,6,12H2,1-2H3.